The lowest BCUT2D eigenvalue weighted by Crippen LogP contribution is -2.26. The molecule has 0 aliphatic heterocycles. The normalized spacial score (nSPS) is 24.6. The van der Waals surface area contributed by atoms with Crippen LogP contribution in [0.15, 0.2) is 18.3 Å². The molecule has 2 N–H and O–H groups in total. The molecule has 0 radical (unpaired) electrons. The zero-order chi connectivity index (χ0) is 12.5. The highest BCUT2D eigenvalue weighted by Crippen LogP contribution is 2.36. The molecule has 4 nitrogen and oxygen atoms in total. The molecule has 1 aliphatic carbocycles. The van der Waals surface area contributed by atoms with Crippen molar-refractivity contribution in [2.45, 2.75) is 38.5 Å². The van der Waals surface area contributed by atoms with Crippen LogP contribution in [0.3, 0.4) is 0 Å². The smallest absolute Gasteiger partial charge is 0.161 e. The molecule has 2 aromatic rings. The minimum atomic E-state index is 0.474. The minimum Gasteiger partial charge on any atom is -0.330 e. The van der Waals surface area contributed by atoms with Crippen LogP contribution < -0.4 is 5.73 Å². The number of nitrogens with zero attached hydrogens (tertiary/aromatic N) is 3. The Labute approximate surface area is 107 Å². The van der Waals surface area contributed by atoms with Crippen LogP contribution in [-0.4, -0.2) is 21.1 Å². The van der Waals surface area contributed by atoms with Crippen LogP contribution in [0.2, 0.25) is 0 Å². The van der Waals surface area contributed by atoms with E-state index in [0.717, 1.165) is 18.0 Å². The highest BCUT2D eigenvalue weighted by Gasteiger charge is 2.28. The first-order valence-electron chi connectivity index (χ1n) is 6.81. The zero-order valence-corrected chi connectivity index (χ0v) is 10.8. The maximum Gasteiger partial charge on any atom is 0.161 e. The molecule has 0 saturated heterocycles. The molecule has 0 bridgehead atoms. The van der Waals surface area contributed by atoms with Gasteiger partial charge in [-0.3, -0.25) is 4.40 Å². The van der Waals surface area contributed by atoms with Gasteiger partial charge in [0.15, 0.2) is 5.65 Å². The summed E-state index contributed by atoms with van der Waals surface area (Å²) in [4.78, 5) is 0. The van der Waals surface area contributed by atoms with Gasteiger partial charge in [0.2, 0.25) is 0 Å². The van der Waals surface area contributed by atoms with Crippen LogP contribution in [-0.2, 0) is 0 Å². The van der Waals surface area contributed by atoms with Gasteiger partial charge >= 0.3 is 0 Å². The van der Waals surface area contributed by atoms with Crippen molar-refractivity contribution >= 4 is 5.65 Å². The maximum absolute atomic E-state index is 5.91. The van der Waals surface area contributed by atoms with E-state index in [2.05, 4.69) is 39.9 Å². The van der Waals surface area contributed by atoms with Gasteiger partial charge in [0.25, 0.3) is 0 Å². The van der Waals surface area contributed by atoms with Gasteiger partial charge in [-0.1, -0.05) is 12.8 Å². The summed E-state index contributed by atoms with van der Waals surface area (Å²) in [6, 6.07) is 4.19. The number of aryl methyl sites for hydroxylation is 1. The van der Waals surface area contributed by atoms with Crippen molar-refractivity contribution in [3.8, 4) is 0 Å². The van der Waals surface area contributed by atoms with Crippen LogP contribution in [0.4, 0.5) is 0 Å². The molecular formula is C14H20N4. The first kappa shape index (κ1) is 11.7. The van der Waals surface area contributed by atoms with Crippen LogP contribution in [0.5, 0.6) is 0 Å². The first-order valence-corrected chi connectivity index (χ1v) is 6.81. The van der Waals surface area contributed by atoms with E-state index < -0.39 is 0 Å². The number of rotatable bonds is 2. The van der Waals surface area contributed by atoms with E-state index in [0.29, 0.717) is 11.8 Å². The van der Waals surface area contributed by atoms with Crippen LogP contribution >= 0.6 is 0 Å². The predicted molar refractivity (Wildman–Crippen MR) is 71.5 cm³/mol. The van der Waals surface area contributed by atoms with E-state index in [-0.39, 0.29) is 0 Å². The highest BCUT2D eigenvalue weighted by molar-refractivity contribution is 5.41. The van der Waals surface area contributed by atoms with Gasteiger partial charge in [0, 0.05) is 12.1 Å². The van der Waals surface area contributed by atoms with Gasteiger partial charge in [0.1, 0.15) is 5.82 Å². The summed E-state index contributed by atoms with van der Waals surface area (Å²) < 4.78 is 2.13. The fourth-order valence-corrected chi connectivity index (χ4v) is 3.09. The summed E-state index contributed by atoms with van der Waals surface area (Å²) in [5.74, 6) is 2.13. The van der Waals surface area contributed by atoms with Gasteiger partial charge in [0.05, 0.1) is 0 Å². The molecule has 1 saturated carbocycles. The molecule has 4 heteroatoms. The number of nitrogens with two attached hydrogens (primary N) is 1. The molecule has 18 heavy (non-hydrogen) atoms. The van der Waals surface area contributed by atoms with Gasteiger partial charge in [-0.2, -0.15) is 0 Å². The quantitative estimate of drug-likeness (QED) is 0.881. The van der Waals surface area contributed by atoms with E-state index >= 15 is 0 Å². The number of fused-ring (bicyclic) bond motifs is 1. The van der Waals surface area contributed by atoms with Gasteiger partial charge in [-0.25, -0.2) is 0 Å². The third-order valence-electron chi connectivity index (χ3n) is 4.14. The summed E-state index contributed by atoms with van der Waals surface area (Å²) in [5.41, 5.74) is 8.08. The zero-order valence-electron chi connectivity index (χ0n) is 10.8. The Morgan fingerprint density at radius 2 is 2.17 bits per heavy atom. The van der Waals surface area contributed by atoms with Crippen molar-refractivity contribution < 1.29 is 0 Å². The van der Waals surface area contributed by atoms with E-state index in [9.17, 15) is 0 Å². The third-order valence-corrected chi connectivity index (χ3v) is 4.14. The second kappa shape index (κ2) is 4.69. The Morgan fingerprint density at radius 1 is 1.33 bits per heavy atom. The molecule has 3 rings (SSSR count). The summed E-state index contributed by atoms with van der Waals surface area (Å²) in [6.07, 6.45) is 7.08. The summed E-state index contributed by atoms with van der Waals surface area (Å²) in [5, 5.41) is 8.71. The van der Waals surface area contributed by atoms with Gasteiger partial charge in [-0.05, 0) is 49.9 Å². The third kappa shape index (κ3) is 1.90. The lowest BCUT2D eigenvalue weighted by Gasteiger charge is -2.29. The SMILES string of the molecule is Cc1ccn2c(C3CCCCC3CN)nnc2c1. The maximum atomic E-state index is 5.91. The Bertz CT molecular complexity index is 546. The Morgan fingerprint density at radius 3 is 3.00 bits per heavy atom. The number of hydrogen-bond acceptors (Lipinski definition) is 3. The first-order chi connectivity index (χ1) is 8.79. The second-order valence-electron chi connectivity index (χ2n) is 5.38. The largest absolute Gasteiger partial charge is 0.330 e. The highest BCUT2D eigenvalue weighted by atomic mass is 15.2. The van der Waals surface area contributed by atoms with Crippen molar-refractivity contribution in [1.29, 1.82) is 0 Å². The molecule has 96 valence electrons. The fraction of sp³-hybridized carbons (Fsp3) is 0.571. The van der Waals surface area contributed by atoms with Crippen molar-refractivity contribution in [3.63, 3.8) is 0 Å². The van der Waals surface area contributed by atoms with Gasteiger partial charge < -0.3 is 5.73 Å². The van der Waals surface area contributed by atoms with E-state index in [1.165, 1.54) is 31.2 Å². The Balaban J connectivity index is 2.02. The van der Waals surface area contributed by atoms with E-state index in [4.69, 9.17) is 5.73 Å². The molecule has 1 aliphatic rings. The lowest BCUT2D eigenvalue weighted by molar-refractivity contribution is 0.303. The lowest BCUT2D eigenvalue weighted by atomic mass is 9.79. The molecule has 2 unspecified atom stereocenters. The fourth-order valence-electron chi connectivity index (χ4n) is 3.09. The molecule has 0 amide bonds. The number of aromatic nitrogens is 3. The Hall–Kier alpha value is -1.42. The number of pyridine rings is 1. The van der Waals surface area contributed by atoms with Crippen molar-refractivity contribution in [2.24, 2.45) is 11.7 Å². The van der Waals surface area contributed by atoms with Crippen LogP contribution in [0.1, 0.15) is 43.0 Å². The second-order valence-corrected chi connectivity index (χ2v) is 5.38. The predicted octanol–water partition coefficient (Wildman–Crippen LogP) is 2.27. The minimum absolute atomic E-state index is 0.474. The molecular weight excluding hydrogens is 224 g/mol. The average Bonchev–Trinajstić information content (AvgIpc) is 2.81. The van der Waals surface area contributed by atoms with E-state index in [1.54, 1.807) is 0 Å². The van der Waals surface area contributed by atoms with Crippen molar-refractivity contribution in [3.05, 3.63) is 29.7 Å². The summed E-state index contributed by atoms with van der Waals surface area (Å²) >= 11 is 0. The van der Waals surface area contributed by atoms with Gasteiger partial charge in [-0.15, -0.1) is 10.2 Å². The van der Waals surface area contributed by atoms with Crippen LogP contribution in [0.25, 0.3) is 5.65 Å². The standard InChI is InChI=1S/C14H20N4/c1-10-6-7-18-13(8-10)16-17-14(18)12-5-3-2-4-11(12)9-15/h6-8,11-12H,2-5,9,15H2,1H3. The molecule has 1 fully saturated rings. The monoisotopic (exact) mass is 244 g/mol. The Kier molecular flexibility index (Phi) is 3.04. The topological polar surface area (TPSA) is 56.2 Å². The number of hydrogen-bond donors (Lipinski definition) is 1. The van der Waals surface area contributed by atoms with E-state index in [1.807, 2.05) is 0 Å². The molecule has 0 spiro atoms. The van der Waals surface area contributed by atoms with Crippen molar-refractivity contribution in [2.75, 3.05) is 6.54 Å². The molecule has 2 aromatic heterocycles. The summed E-state index contributed by atoms with van der Waals surface area (Å²) in [6.45, 7) is 2.84. The van der Waals surface area contributed by atoms with Crippen molar-refractivity contribution in [1.82, 2.24) is 14.6 Å². The molecule has 2 heterocycles. The summed E-state index contributed by atoms with van der Waals surface area (Å²) in [7, 11) is 0. The van der Waals surface area contributed by atoms with Crippen LogP contribution in [0, 0.1) is 12.8 Å². The molecule has 2 atom stereocenters. The molecule has 0 aromatic carbocycles. The average molecular weight is 244 g/mol.